The lowest BCUT2D eigenvalue weighted by molar-refractivity contribution is -0.134. The van der Waals surface area contributed by atoms with Crippen molar-refractivity contribution < 1.29 is 17.9 Å². The molecule has 11 heteroatoms. The van der Waals surface area contributed by atoms with Gasteiger partial charge in [0.25, 0.3) is 0 Å². The summed E-state index contributed by atoms with van der Waals surface area (Å²) in [6.45, 7) is 8.54. The predicted molar refractivity (Wildman–Crippen MR) is 120 cm³/mol. The van der Waals surface area contributed by atoms with Crippen LogP contribution in [0.15, 0.2) is 23.1 Å². The number of fused-ring (bicyclic) bond motifs is 1. The van der Waals surface area contributed by atoms with E-state index in [2.05, 4.69) is 28.3 Å². The van der Waals surface area contributed by atoms with Crippen molar-refractivity contribution in [3.05, 3.63) is 23.8 Å². The first kappa shape index (κ1) is 23.4. The van der Waals surface area contributed by atoms with E-state index in [9.17, 15) is 13.2 Å². The number of carbonyl (C=O) groups is 1. The molecule has 0 aromatic heterocycles. The van der Waals surface area contributed by atoms with Crippen LogP contribution in [0.3, 0.4) is 0 Å². The van der Waals surface area contributed by atoms with Crippen LogP contribution in [0.1, 0.15) is 45.3 Å². The van der Waals surface area contributed by atoms with Gasteiger partial charge in [-0.3, -0.25) is 10.1 Å². The lowest BCUT2D eigenvalue weighted by Gasteiger charge is -2.39. The first-order valence-electron chi connectivity index (χ1n) is 11.4. The number of piperazine rings is 1. The Labute approximate surface area is 190 Å². The maximum Gasteiger partial charge on any atom is 0.243 e. The van der Waals surface area contributed by atoms with E-state index in [1.165, 1.54) is 4.31 Å². The second-order valence-corrected chi connectivity index (χ2v) is 10.4. The fourth-order valence-corrected chi connectivity index (χ4v) is 6.20. The zero-order valence-corrected chi connectivity index (χ0v) is 19.7. The summed E-state index contributed by atoms with van der Waals surface area (Å²) in [5.74, 6) is 0.459. The number of nitrogens with zero attached hydrogens (tertiary/aromatic N) is 2. The van der Waals surface area contributed by atoms with Crippen molar-refractivity contribution in [2.45, 2.75) is 62.9 Å². The summed E-state index contributed by atoms with van der Waals surface area (Å²) in [6.07, 6.45) is 1.30. The number of hydrazine groups is 1. The zero-order valence-electron chi connectivity index (χ0n) is 18.9. The Morgan fingerprint density at radius 2 is 1.94 bits per heavy atom. The van der Waals surface area contributed by atoms with Crippen LogP contribution < -0.4 is 26.1 Å². The number of hydrogen-bond donors (Lipinski definition) is 4. The van der Waals surface area contributed by atoms with Gasteiger partial charge in [-0.15, -0.1) is 0 Å². The smallest absolute Gasteiger partial charge is 0.243 e. The van der Waals surface area contributed by atoms with Crippen LogP contribution >= 0.6 is 0 Å². The van der Waals surface area contributed by atoms with Gasteiger partial charge in [0.15, 0.2) is 0 Å². The van der Waals surface area contributed by atoms with Crippen LogP contribution in [0.4, 0.5) is 0 Å². The lowest BCUT2D eigenvalue weighted by atomic mass is 10.1. The van der Waals surface area contributed by atoms with Gasteiger partial charge in [0.1, 0.15) is 18.0 Å². The molecule has 3 aliphatic rings. The second-order valence-electron chi connectivity index (χ2n) is 8.47. The molecule has 1 amide bonds. The predicted octanol–water partition coefficient (Wildman–Crippen LogP) is 0.101. The van der Waals surface area contributed by atoms with Crippen LogP contribution in [0, 0.1) is 0 Å². The van der Waals surface area contributed by atoms with Crippen LogP contribution in [0.5, 0.6) is 5.75 Å². The Morgan fingerprint density at radius 1 is 1.19 bits per heavy atom. The maximum absolute atomic E-state index is 13.2. The molecular formula is C21H34N6O4S. The maximum atomic E-state index is 13.2. The summed E-state index contributed by atoms with van der Waals surface area (Å²) >= 11 is 0. The van der Waals surface area contributed by atoms with Crippen molar-refractivity contribution in [1.29, 1.82) is 0 Å². The molecule has 0 radical (unpaired) electrons. The van der Waals surface area contributed by atoms with Gasteiger partial charge in [0, 0.05) is 37.8 Å². The highest BCUT2D eigenvalue weighted by molar-refractivity contribution is 7.89. The average molecular weight is 467 g/mol. The molecule has 3 saturated heterocycles. The van der Waals surface area contributed by atoms with Gasteiger partial charge in [-0.05, 0) is 38.5 Å². The largest absolute Gasteiger partial charge is 0.493 e. The van der Waals surface area contributed by atoms with E-state index < -0.39 is 16.2 Å². The molecule has 4 rings (SSSR count). The summed E-state index contributed by atoms with van der Waals surface area (Å²) in [4.78, 5) is 13.2. The van der Waals surface area contributed by atoms with Gasteiger partial charge in [-0.1, -0.05) is 13.3 Å². The van der Waals surface area contributed by atoms with E-state index in [4.69, 9.17) is 4.74 Å². The normalized spacial score (nSPS) is 29.5. The molecule has 3 aliphatic heterocycles. The van der Waals surface area contributed by atoms with Crippen LogP contribution in [-0.2, 0) is 14.8 Å². The second kappa shape index (κ2) is 9.62. The molecule has 4 atom stereocenters. The van der Waals surface area contributed by atoms with Crippen molar-refractivity contribution in [2.75, 3.05) is 32.8 Å². The Kier molecular flexibility index (Phi) is 7.03. The fraction of sp³-hybridized carbons (Fsp3) is 0.667. The molecule has 3 fully saturated rings. The van der Waals surface area contributed by atoms with Crippen LogP contribution in [-0.4, -0.2) is 74.7 Å². The van der Waals surface area contributed by atoms with Gasteiger partial charge < -0.3 is 15.4 Å². The number of ether oxygens (including phenoxy) is 1. The summed E-state index contributed by atoms with van der Waals surface area (Å²) < 4.78 is 33.8. The molecule has 32 heavy (non-hydrogen) atoms. The molecule has 4 N–H and O–H groups in total. The third-order valence-corrected chi connectivity index (χ3v) is 8.16. The molecule has 0 spiro atoms. The summed E-state index contributed by atoms with van der Waals surface area (Å²) in [5, 5.41) is 11.7. The topological polar surface area (TPSA) is 115 Å². The van der Waals surface area contributed by atoms with E-state index in [1.54, 1.807) is 18.2 Å². The first-order valence-corrected chi connectivity index (χ1v) is 12.9. The number of nitrogens with one attached hydrogen (secondary N) is 4. The number of carbonyl (C=O) groups excluding carboxylic acids is 1. The van der Waals surface area contributed by atoms with Gasteiger partial charge in [-0.2, -0.15) is 4.31 Å². The number of benzene rings is 1. The molecule has 0 bridgehead atoms. The fourth-order valence-electron chi connectivity index (χ4n) is 4.72. The molecule has 0 saturated carbocycles. The molecule has 4 unspecified atom stereocenters. The average Bonchev–Trinajstić information content (AvgIpc) is 3.10. The summed E-state index contributed by atoms with van der Waals surface area (Å²) in [7, 11) is -3.64. The molecule has 178 valence electrons. The van der Waals surface area contributed by atoms with E-state index in [0.717, 1.165) is 12.8 Å². The van der Waals surface area contributed by atoms with Crippen molar-refractivity contribution in [3.8, 4) is 5.75 Å². The van der Waals surface area contributed by atoms with E-state index in [0.29, 0.717) is 44.1 Å². The Balaban J connectivity index is 1.67. The third-order valence-electron chi connectivity index (χ3n) is 6.27. The number of hydrogen-bond acceptors (Lipinski definition) is 8. The van der Waals surface area contributed by atoms with Crippen molar-refractivity contribution >= 4 is 15.9 Å². The third kappa shape index (κ3) is 4.37. The molecule has 3 heterocycles. The molecule has 10 nitrogen and oxygen atoms in total. The highest BCUT2D eigenvalue weighted by atomic mass is 32.2. The monoisotopic (exact) mass is 466 g/mol. The van der Waals surface area contributed by atoms with Crippen LogP contribution in [0.25, 0.3) is 0 Å². The van der Waals surface area contributed by atoms with E-state index >= 15 is 0 Å². The Bertz CT molecular complexity index is 936. The van der Waals surface area contributed by atoms with Gasteiger partial charge in [-0.25, -0.2) is 18.9 Å². The van der Waals surface area contributed by atoms with Crippen molar-refractivity contribution in [3.63, 3.8) is 0 Å². The number of amides is 1. The molecular weight excluding hydrogens is 432 g/mol. The SMILES string of the molecule is CCCC1NC(C)C2C(=O)NC(c3cc(S(=O)(=O)N4CCNCC4)ccc3OCC)NN12. The van der Waals surface area contributed by atoms with Crippen LogP contribution in [0.2, 0.25) is 0 Å². The quantitative estimate of drug-likeness (QED) is 0.447. The highest BCUT2D eigenvalue weighted by Crippen LogP contribution is 2.32. The van der Waals surface area contributed by atoms with Crippen molar-refractivity contribution in [1.82, 2.24) is 30.7 Å². The van der Waals surface area contributed by atoms with E-state index in [1.807, 2.05) is 18.9 Å². The van der Waals surface area contributed by atoms with E-state index in [-0.39, 0.29) is 29.1 Å². The lowest BCUT2D eigenvalue weighted by Crippen LogP contribution is -2.64. The highest BCUT2D eigenvalue weighted by Gasteiger charge is 2.47. The molecule has 0 aliphatic carbocycles. The Morgan fingerprint density at radius 3 is 2.62 bits per heavy atom. The number of rotatable bonds is 7. The Hall–Kier alpha value is -1.76. The summed E-state index contributed by atoms with van der Waals surface area (Å²) in [5.41, 5.74) is 4.03. The first-order chi connectivity index (χ1) is 15.4. The van der Waals surface area contributed by atoms with Gasteiger partial charge >= 0.3 is 0 Å². The minimum Gasteiger partial charge on any atom is -0.493 e. The standard InChI is InChI=1S/C21H34N6O4S/c1-4-6-18-23-14(3)19-21(28)24-20(25-27(18)19)16-13-15(7-8-17(16)31-5-2)32(29,30)26-11-9-22-10-12-26/h7-8,13-14,18-20,22-23,25H,4-6,9-12H2,1-3H3,(H,24,28). The van der Waals surface area contributed by atoms with Crippen molar-refractivity contribution in [2.24, 2.45) is 0 Å². The van der Waals surface area contributed by atoms with Gasteiger partial charge in [0.05, 0.1) is 17.7 Å². The molecule has 1 aromatic rings. The summed E-state index contributed by atoms with van der Waals surface area (Å²) in [6, 6.07) is 4.57. The molecule has 1 aromatic carbocycles. The minimum atomic E-state index is -3.64. The zero-order chi connectivity index (χ0) is 22.9. The number of sulfonamides is 1. The van der Waals surface area contributed by atoms with Gasteiger partial charge in [0.2, 0.25) is 15.9 Å². The minimum absolute atomic E-state index is 0.00536.